The van der Waals surface area contributed by atoms with Crippen molar-refractivity contribution in [1.29, 1.82) is 0 Å². The Kier molecular flexibility index (Phi) is 4.57. The maximum atomic E-state index is 5.76. The fourth-order valence-electron chi connectivity index (χ4n) is 2.20. The topological polar surface area (TPSA) is 38.0 Å². The Bertz CT molecular complexity index is 406. The summed E-state index contributed by atoms with van der Waals surface area (Å²) in [4.78, 5) is 0. The molecule has 1 aromatic carbocycles. The summed E-state index contributed by atoms with van der Waals surface area (Å²) in [6.07, 6.45) is 0. The van der Waals surface area contributed by atoms with Crippen molar-refractivity contribution in [3.63, 3.8) is 0 Å². The molecule has 0 aromatic heterocycles. The summed E-state index contributed by atoms with van der Waals surface area (Å²) >= 11 is 0. The maximum absolute atomic E-state index is 5.76. The lowest BCUT2D eigenvalue weighted by atomic mass is 9.81. The molecule has 0 heterocycles. The molecule has 0 spiro atoms. The van der Waals surface area contributed by atoms with Crippen molar-refractivity contribution in [1.82, 2.24) is 5.32 Å². The van der Waals surface area contributed by atoms with Crippen molar-refractivity contribution >= 4 is 0 Å². The molecule has 1 rings (SSSR count). The summed E-state index contributed by atoms with van der Waals surface area (Å²) in [6, 6.07) is 6.70. The first-order chi connectivity index (χ1) is 8.18. The van der Waals surface area contributed by atoms with Crippen LogP contribution in [0.4, 0.5) is 0 Å². The minimum absolute atomic E-state index is 0.00410. The van der Waals surface area contributed by atoms with Gasteiger partial charge in [0.25, 0.3) is 0 Å². The van der Waals surface area contributed by atoms with Gasteiger partial charge in [0.1, 0.15) is 0 Å². The van der Waals surface area contributed by atoms with Gasteiger partial charge in [0.2, 0.25) is 0 Å². The second-order valence-corrected chi connectivity index (χ2v) is 6.64. The summed E-state index contributed by atoms with van der Waals surface area (Å²) in [7, 11) is 0. The summed E-state index contributed by atoms with van der Waals surface area (Å²) in [5.74, 6) is 0. The zero-order chi connectivity index (χ0) is 14.0. The number of hydrogen-bond acceptors (Lipinski definition) is 2. The maximum Gasteiger partial charge on any atom is 0.0247 e. The van der Waals surface area contributed by atoms with Crippen molar-refractivity contribution in [2.45, 2.75) is 52.5 Å². The molecule has 2 nitrogen and oxygen atoms in total. The van der Waals surface area contributed by atoms with Crippen LogP contribution in [0.25, 0.3) is 0 Å². The third kappa shape index (κ3) is 3.82. The largest absolute Gasteiger partial charge is 0.329 e. The van der Waals surface area contributed by atoms with Gasteiger partial charge >= 0.3 is 0 Å². The smallest absolute Gasteiger partial charge is 0.0247 e. The highest BCUT2D eigenvalue weighted by Crippen LogP contribution is 2.26. The Morgan fingerprint density at radius 2 is 1.72 bits per heavy atom. The number of aryl methyl sites for hydroxylation is 2. The van der Waals surface area contributed by atoms with E-state index in [9.17, 15) is 0 Å². The van der Waals surface area contributed by atoms with Crippen LogP contribution in [-0.4, -0.2) is 18.6 Å². The highest BCUT2D eigenvalue weighted by atomic mass is 15.0. The molecule has 2 heteroatoms. The van der Waals surface area contributed by atoms with E-state index < -0.39 is 0 Å². The van der Waals surface area contributed by atoms with Crippen LogP contribution in [0.15, 0.2) is 18.2 Å². The van der Waals surface area contributed by atoms with Crippen LogP contribution < -0.4 is 11.1 Å². The van der Waals surface area contributed by atoms with Gasteiger partial charge in [-0.1, -0.05) is 37.6 Å². The Morgan fingerprint density at radius 3 is 2.22 bits per heavy atom. The van der Waals surface area contributed by atoms with Crippen molar-refractivity contribution < 1.29 is 0 Å². The molecule has 0 radical (unpaired) electrons. The quantitative estimate of drug-likeness (QED) is 0.841. The Morgan fingerprint density at radius 1 is 1.11 bits per heavy atom. The summed E-state index contributed by atoms with van der Waals surface area (Å²) in [5.41, 5.74) is 9.97. The van der Waals surface area contributed by atoms with Gasteiger partial charge in [-0.3, -0.25) is 0 Å². The van der Waals surface area contributed by atoms with Crippen LogP contribution in [0.2, 0.25) is 0 Å². The standard InChI is InChI=1S/C16H28N2/c1-12-7-8-14(13(2)9-12)15(3,4)11-18-16(5,6)10-17/h7-9,18H,10-11,17H2,1-6H3. The second-order valence-electron chi connectivity index (χ2n) is 6.64. The monoisotopic (exact) mass is 248 g/mol. The molecule has 18 heavy (non-hydrogen) atoms. The van der Waals surface area contributed by atoms with E-state index in [-0.39, 0.29) is 11.0 Å². The van der Waals surface area contributed by atoms with Crippen LogP contribution in [0.1, 0.15) is 44.4 Å². The van der Waals surface area contributed by atoms with Crippen LogP contribution >= 0.6 is 0 Å². The molecule has 0 atom stereocenters. The molecule has 0 aliphatic carbocycles. The van der Waals surface area contributed by atoms with Crippen LogP contribution in [0.5, 0.6) is 0 Å². The van der Waals surface area contributed by atoms with Gasteiger partial charge in [0, 0.05) is 24.0 Å². The number of nitrogens with two attached hydrogens (primary N) is 1. The summed E-state index contributed by atoms with van der Waals surface area (Å²) < 4.78 is 0. The van der Waals surface area contributed by atoms with Gasteiger partial charge in [-0.05, 0) is 38.8 Å². The number of nitrogens with one attached hydrogen (secondary N) is 1. The van der Waals surface area contributed by atoms with Gasteiger partial charge in [-0.15, -0.1) is 0 Å². The lowest BCUT2D eigenvalue weighted by Crippen LogP contribution is -2.50. The number of benzene rings is 1. The van der Waals surface area contributed by atoms with Gasteiger partial charge in [-0.2, -0.15) is 0 Å². The molecule has 0 saturated carbocycles. The van der Waals surface area contributed by atoms with E-state index in [1.807, 2.05) is 0 Å². The first-order valence-electron chi connectivity index (χ1n) is 6.71. The van der Waals surface area contributed by atoms with Crippen molar-refractivity contribution in [2.75, 3.05) is 13.1 Å². The molecule has 3 N–H and O–H groups in total. The van der Waals surface area contributed by atoms with E-state index in [1.165, 1.54) is 16.7 Å². The van der Waals surface area contributed by atoms with Crippen LogP contribution in [0, 0.1) is 13.8 Å². The second kappa shape index (κ2) is 5.41. The zero-order valence-electron chi connectivity index (χ0n) is 12.7. The number of rotatable bonds is 5. The summed E-state index contributed by atoms with van der Waals surface area (Å²) in [6.45, 7) is 14.8. The normalized spacial score (nSPS) is 12.8. The Balaban J connectivity index is 2.86. The number of hydrogen-bond donors (Lipinski definition) is 2. The molecular formula is C16H28N2. The first-order valence-corrected chi connectivity index (χ1v) is 6.71. The molecule has 0 fully saturated rings. The van der Waals surface area contributed by atoms with Gasteiger partial charge in [0.05, 0.1) is 0 Å². The molecule has 102 valence electrons. The average Bonchev–Trinajstić information content (AvgIpc) is 2.26. The van der Waals surface area contributed by atoms with Gasteiger partial charge < -0.3 is 11.1 Å². The predicted molar refractivity (Wildman–Crippen MR) is 80.1 cm³/mol. The first kappa shape index (κ1) is 15.2. The Labute approximate surface area is 112 Å². The minimum atomic E-state index is -0.00410. The van der Waals surface area contributed by atoms with E-state index in [2.05, 4.69) is 65.1 Å². The lowest BCUT2D eigenvalue weighted by Gasteiger charge is -2.33. The minimum Gasteiger partial charge on any atom is -0.329 e. The average molecular weight is 248 g/mol. The van der Waals surface area contributed by atoms with E-state index in [1.54, 1.807) is 0 Å². The van der Waals surface area contributed by atoms with Crippen molar-refractivity contribution in [2.24, 2.45) is 5.73 Å². The van der Waals surface area contributed by atoms with Gasteiger partial charge in [0.15, 0.2) is 0 Å². The van der Waals surface area contributed by atoms with E-state index in [4.69, 9.17) is 5.73 Å². The van der Waals surface area contributed by atoms with E-state index in [0.29, 0.717) is 6.54 Å². The molecule has 0 unspecified atom stereocenters. The van der Waals surface area contributed by atoms with Gasteiger partial charge in [-0.25, -0.2) is 0 Å². The predicted octanol–water partition coefficient (Wildman–Crippen LogP) is 2.91. The Hall–Kier alpha value is -0.860. The molecule has 0 saturated heterocycles. The van der Waals surface area contributed by atoms with E-state index >= 15 is 0 Å². The molecule has 0 aliphatic rings. The third-order valence-corrected chi connectivity index (χ3v) is 3.63. The highest BCUT2D eigenvalue weighted by molar-refractivity contribution is 5.35. The van der Waals surface area contributed by atoms with Crippen molar-refractivity contribution in [3.8, 4) is 0 Å². The van der Waals surface area contributed by atoms with Crippen molar-refractivity contribution in [3.05, 3.63) is 34.9 Å². The highest BCUT2D eigenvalue weighted by Gasteiger charge is 2.25. The fourth-order valence-corrected chi connectivity index (χ4v) is 2.20. The molecular weight excluding hydrogens is 220 g/mol. The van der Waals surface area contributed by atoms with E-state index in [0.717, 1.165) is 6.54 Å². The molecule has 1 aromatic rings. The van der Waals surface area contributed by atoms with Crippen LogP contribution in [-0.2, 0) is 5.41 Å². The summed E-state index contributed by atoms with van der Waals surface area (Å²) in [5, 5.41) is 3.56. The molecule has 0 aliphatic heterocycles. The molecule has 0 amide bonds. The lowest BCUT2D eigenvalue weighted by molar-refractivity contribution is 0.346. The zero-order valence-corrected chi connectivity index (χ0v) is 12.7. The SMILES string of the molecule is Cc1ccc(C(C)(C)CNC(C)(C)CN)c(C)c1. The molecule has 0 bridgehead atoms. The van der Waals surface area contributed by atoms with Crippen LogP contribution in [0.3, 0.4) is 0 Å². The third-order valence-electron chi connectivity index (χ3n) is 3.63. The fraction of sp³-hybridized carbons (Fsp3) is 0.625.